The van der Waals surface area contributed by atoms with E-state index in [2.05, 4.69) is 52.0 Å². The average molecular weight is 272 g/mol. The van der Waals surface area contributed by atoms with Crippen molar-refractivity contribution in [1.29, 1.82) is 0 Å². The third-order valence-electron chi connectivity index (χ3n) is 2.37. The van der Waals surface area contributed by atoms with Crippen LogP contribution in [-0.4, -0.2) is 9.79 Å². The molecule has 1 aromatic rings. The Balaban J connectivity index is 0.000000631. The average Bonchev–Trinajstić information content (AvgIpc) is 2.18. The Morgan fingerprint density at radius 1 is 0.944 bits per heavy atom. The summed E-state index contributed by atoms with van der Waals surface area (Å²) in [6.07, 6.45) is 2.42. The minimum atomic E-state index is -3.13. The fourth-order valence-corrected chi connectivity index (χ4v) is 1.84. The maximum atomic E-state index is 8.74. The Morgan fingerprint density at radius 3 is 1.44 bits per heavy atom. The van der Waals surface area contributed by atoms with Crippen molar-refractivity contribution in [1.82, 2.24) is 0 Å². The van der Waals surface area contributed by atoms with Crippen LogP contribution >= 0.6 is 8.25 Å². The maximum Gasteiger partial charge on any atom is 0.314 e. The molecule has 0 bridgehead atoms. The Hall–Kier alpha value is -0.630. The van der Waals surface area contributed by atoms with Gasteiger partial charge in [0, 0.05) is 0 Å². The summed E-state index contributed by atoms with van der Waals surface area (Å²) >= 11 is 0. The monoisotopic (exact) mass is 272 g/mol. The highest BCUT2D eigenvalue weighted by atomic mass is 31.1. The van der Waals surface area contributed by atoms with Crippen LogP contribution in [0.1, 0.15) is 38.8 Å². The second kappa shape index (κ2) is 9.32. The summed E-state index contributed by atoms with van der Waals surface area (Å²) in [5.74, 6) is 1.51. The van der Waals surface area contributed by atoms with Gasteiger partial charge in [-0.25, -0.2) is 0 Å². The van der Waals surface area contributed by atoms with E-state index in [0.717, 1.165) is 11.8 Å². The zero-order valence-electron chi connectivity index (χ0n) is 11.7. The number of benzene rings is 1. The summed E-state index contributed by atoms with van der Waals surface area (Å²) < 4.78 is 8.74. The Morgan fingerprint density at radius 2 is 1.22 bits per heavy atom. The van der Waals surface area contributed by atoms with Gasteiger partial charge in [0.25, 0.3) is 0 Å². The largest absolute Gasteiger partial charge is 0.326 e. The van der Waals surface area contributed by atoms with E-state index in [1.807, 2.05) is 0 Å². The van der Waals surface area contributed by atoms with E-state index < -0.39 is 8.25 Å². The molecular weight excluding hydrogens is 247 g/mol. The molecule has 0 heterocycles. The molecule has 1 rings (SSSR count). The first-order valence-corrected chi connectivity index (χ1v) is 7.61. The fourth-order valence-electron chi connectivity index (χ4n) is 1.84. The molecule has 0 saturated heterocycles. The predicted octanol–water partition coefficient (Wildman–Crippen LogP) is 3.44. The number of rotatable bonds is 4. The highest BCUT2D eigenvalue weighted by molar-refractivity contribution is 7.30. The summed E-state index contributed by atoms with van der Waals surface area (Å²) in [7, 11) is -3.13. The zero-order chi connectivity index (χ0) is 14.1. The van der Waals surface area contributed by atoms with Gasteiger partial charge in [0.2, 0.25) is 0 Å². The lowest BCUT2D eigenvalue weighted by atomic mass is 9.93. The fraction of sp³-hybridized carbons (Fsp3) is 0.571. The van der Waals surface area contributed by atoms with Crippen molar-refractivity contribution in [2.75, 3.05) is 0 Å². The minimum absolute atomic E-state index is 0.753. The molecule has 0 atom stereocenters. The Kier molecular flexibility index (Phi) is 8.99. The van der Waals surface area contributed by atoms with Crippen LogP contribution in [0.15, 0.2) is 24.3 Å². The molecule has 18 heavy (non-hydrogen) atoms. The van der Waals surface area contributed by atoms with Crippen molar-refractivity contribution in [3.8, 4) is 0 Å². The van der Waals surface area contributed by atoms with Crippen molar-refractivity contribution in [3.63, 3.8) is 0 Å². The third-order valence-corrected chi connectivity index (χ3v) is 2.37. The molecule has 0 spiro atoms. The predicted molar refractivity (Wildman–Crippen MR) is 77.0 cm³/mol. The van der Waals surface area contributed by atoms with Crippen molar-refractivity contribution in [3.05, 3.63) is 35.4 Å². The smallest absolute Gasteiger partial charge is 0.314 e. The molecule has 1 aromatic carbocycles. The van der Waals surface area contributed by atoms with E-state index in [4.69, 9.17) is 14.4 Å². The van der Waals surface area contributed by atoms with E-state index in [1.165, 1.54) is 24.0 Å². The SMILES string of the molecule is CC(C)Cc1ccccc1CC(C)C.O=[PH](O)O. The van der Waals surface area contributed by atoms with E-state index in [1.54, 1.807) is 0 Å². The van der Waals surface area contributed by atoms with Gasteiger partial charge in [-0.05, 0) is 35.8 Å². The molecule has 0 aromatic heterocycles. The lowest BCUT2D eigenvalue weighted by Crippen LogP contribution is -2.02. The molecule has 0 fully saturated rings. The lowest BCUT2D eigenvalue weighted by molar-refractivity contribution is 0.405. The lowest BCUT2D eigenvalue weighted by Gasteiger charge is -2.13. The van der Waals surface area contributed by atoms with Crippen molar-refractivity contribution >= 4 is 8.25 Å². The molecule has 0 saturated carbocycles. The standard InChI is InChI=1S/C14H22.H3O3P/c1-11(2)9-13-7-5-6-8-14(13)10-12(3)4;1-4(2)3/h5-8,11-12H,9-10H2,1-4H3;4H,(H2,1,2,3). The molecule has 104 valence electrons. The highest BCUT2D eigenvalue weighted by Gasteiger charge is 2.05. The topological polar surface area (TPSA) is 57.5 Å². The van der Waals surface area contributed by atoms with Gasteiger partial charge in [0.1, 0.15) is 0 Å². The van der Waals surface area contributed by atoms with Crippen LogP contribution in [0.2, 0.25) is 0 Å². The molecular formula is C14H25O3P. The molecule has 0 unspecified atom stereocenters. The van der Waals surface area contributed by atoms with Crippen molar-refractivity contribution < 1.29 is 14.4 Å². The van der Waals surface area contributed by atoms with E-state index in [-0.39, 0.29) is 0 Å². The summed E-state index contributed by atoms with van der Waals surface area (Å²) in [6.45, 7) is 9.14. The first kappa shape index (κ1) is 17.4. The molecule has 0 aliphatic carbocycles. The molecule has 0 radical (unpaired) electrons. The second-order valence-corrected chi connectivity index (χ2v) is 5.81. The summed E-state index contributed by atoms with van der Waals surface area (Å²) in [5, 5.41) is 0. The van der Waals surface area contributed by atoms with Crippen molar-refractivity contribution in [2.24, 2.45) is 11.8 Å². The molecule has 0 aliphatic rings. The van der Waals surface area contributed by atoms with E-state index in [9.17, 15) is 0 Å². The van der Waals surface area contributed by atoms with Gasteiger partial charge in [-0.1, -0.05) is 52.0 Å². The Labute approximate surface area is 111 Å². The van der Waals surface area contributed by atoms with Crippen LogP contribution in [0.3, 0.4) is 0 Å². The molecule has 0 aliphatic heterocycles. The molecule has 3 nitrogen and oxygen atoms in total. The first-order valence-electron chi connectivity index (χ1n) is 6.31. The first-order chi connectivity index (χ1) is 8.32. The van der Waals surface area contributed by atoms with Gasteiger partial charge in [0.15, 0.2) is 0 Å². The van der Waals surface area contributed by atoms with E-state index >= 15 is 0 Å². The van der Waals surface area contributed by atoms with Gasteiger partial charge in [-0.15, -0.1) is 0 Å². The van der Waals surface area contributed by atoms with Crippen LogP contribution in [0.4, 0.5) is 0 Å². The number of hydrogen-bond donors (Lipinski definition) is 2. The number of hydrogen-bond acceptors (Lipinski definition) is 1. The summed E-state index contributed by atoms with van der Waals surface area (Å²) in [4.78, 5) is 14.3. The minimum Gasteiger partial charge on any atom is -0.326 e. The van der Waals surface area contributed by atoms with Gasteiger partial charge >= 0.3 is 8.25 Å². The van der Waals surface area contributed by atoms with Crippen LogP contribution < -0.4 is 0 Å². The van der Waals surface area contributed by atoms with Crippen molar-refractivity contribution in [2.45, 2.75) is 40.5 Å². The van der Waals surface area contributed by atoms with Crippen LogP contribution in [0.25, 0.3) is 0 Å². The van der Waals surface area contributed by atoms with E-state index in [0.29, 0.717) is 0 Å². The van der Waals surface area contributed by atoms with Gasteiger partial charge < -0.3 is 9.79 Å². The third kappa shape index (κ3) is 9.41. The zero-order valence-corrected chi connectivity index (χ0v) is 12.7. The van der Waals surface area contributed by atoms with Gasteiger partial charge in [0.05, 0.1) is 0 Å². The summed E-state index contributed by atoms with van der Waals surface area (Å²) in [6, 6.07) is 8.86. The molecule has 2 N–H and O–H groups in total. The molecule has 4 heteroatoms. The normalized spacial score (nSPS) is 10.7. The van der Waals surface area contributed by atoms with Crippen LogP contribution in [0.5, 0.6) is 0 Å². The van der Waals surface area contributed by atoms with Crippen LogP contribution in [0, 0.1) is 11.8 Å². The molecule has 0 amide bonds. The Bertz CT molecular complexity index is 329. The second-order valence-electron chi connectivity index (χ2n) is 5.25. The van der Waals surface area contributed by atoms with Gasteiger partial charge in [-0.3, -0.25) is 4.57 Å². The highest BCUT2D eigenvalue weighted by Crippen LogP contribution is 2.17. The van der Waals surface area contributed by atoms with Gasteiger partial charge in [-0.2, -0.15) is 0 Å². The quantitative estimate of drug-likeness (QED) is 0.825. The maximum absolute atomic E-state index is 8.74. The van der Waals surface area contributed by atoms with Crippen LogP contribution in [-0.2, 0) is 17.4 Å². The summed E-state index contributed by atoms with van der Waals surface area (Å²) in [5.41, 5.74) is 3.08.